The van der Waals surface area contributed by atoms with Gasteiger partial charge in [-0.25, -0.2) is 15.6 Å². The van der Waals surface area contributed by atoms with Crippen molar-refractivity contribution in [1.82, 2.24) is 10.9 Å². The fourth-order valence-corrected chi connectivity index (χ4v) is 5.15. The first-order valence-corrected chi connectivity index (χ1v) is 12.1. The van der Waals surface area contributed by atoms with Gasteiger partial charge in [0.25, 0.3) is 0 Å². The third kappa shape index (κ3) is 4.84. The Morgan fingerprint density at radius 2 is 1.85 bits per heavy atom. The van der Waals surface area contributed by atoms with E-state index in [0.717, 1.165) is 33.4 Å². The SMILES string of the molecule is CCOC(=O)c1c(-c2ccc(C)cc2)csc1NC(=O)C1CC(c2cc(C)cc(C)c2O)NN1. The number of phenolic OH excluding ortho intramolecular Hbond substituents is 1. The molecule has 7 nitrogen and oxygen atoms in total. The van der Waals surface area contributed by atoms with Crippen molar-refractivity contribution < 1.29 is 19.4 Å². The van der Waals surface area contributed by atoms with Gasteiger partial charge in [-0.05, 0) is 45.2 Å². The summed E-state index contributed by atoms with van der Waals surface area (Å²) in [5, 5.41) is 15.7. The minimum Gasteiger partial charge on any atom is -0.507 e. The summed E-state index contributed by atoms with van der Waals surface area (Å²) in [6, 6.07) is 11.0. The number of hydrogen-bond donors (Lipinski definition) is 4. The van der Waals surface area contributed by atoms with Gasteiger partial charge in [0.1, 0.15) is 22.4 Å². The molecule has 3 aromatic rings. The predicted octanol–water partition coefficient (Wildman–Crippen LogP) is 4.77. The Hall–Kier alpha value is -3.20. The lowest BCUT2D eigenvalue weighted by Crippen LogP contribution is -2.39. The average Bonchev–Trinajstić information content (AvgIpc) is 3.45. The molecule has 4 N–H and O–H groups in total. The summed E-state index contributed by atoms with van der Waals surface area (Å²) in [7, 11) is 0. The Morgan fingerprint density at radius 3 is 2.56 bits per heavy atom. The van der Waals surface area contributed by atoms with Crippen LogP contribution in [0.2, 0.25) is 0 Å². The smallest absolute Gasteiger partial charge is 0.341 e. The van der Waals surface area contributed by atoms with Gasteiger partial charge in [-0.1, -0.05) is 47.5 Å². The second-order valence-electron chi connectivity index (χ2n) is 8.58. The van der Waals surface area contributed by atoms with Crippen LogP contribution in [0.3, 0.4) is 0 Å². The van der Waals surface area contributed by atoms with Crippen LogP contribution in [0.4, 0.5) is 5.00 Å². The van der Waals surface area contributed by atoms with E-state index in [1.54, 1.807) is 6.92 Å². The van der Waals surface area contributed by atoms with Crippen molar-refractivity contribution in [2.75, 3.05) is 11.9 Å². The number of nitrogens with one attached hydrogen (secondary N) is 3. The maximum absolute atomic E-state index is 13.1. The first-order valence-electron chi connectivity index (χ1n) is 11.3. The number of esters is 1. The molecule has 0 saturated carbocycles. The van der Waals surface area contributed by atoms with E-state index in [0.29, 0.717) is 17.0 Å². The van der Waals surface area contributed by atoms with Crippen molar-refractivity contribution in [3.05, 3.63) is 69.6 Å². The molecular formula is C26H29N3O4S. The Labute approximate surface area is 203 Å². The molecule has 8 heteroatoms. The second-order valence-corrected chi connectivity index (χ2v) is 9.46. The van der Waals surface area contributed by atoms with Crippen molar-refractivity contribution in [1.29, 1.82) is 0 Å². The van der Waals surface area contributed by atoms with Gasteiger partial charge in [-0.15, -0.1) is 11.3 Å². The molecule has 34 heavy (non-hydrogen) atoms. The second kappa shape index (κ2) is 9.97. The molecule has 1 aliphatic rings. The highest BCUT2D eigenvalue weighted by atomic mass is 32.1. The number of benzene rings is 2. The monoisotopic (exact) mass is 479 g/mol. The van der Waals surface area contributed by atoms with Gasteiger partial charge in [0.05, 0.1) is 12.6 Å². The average molecular weight is 480 g/mol. The van der Waals surface area contributed by atoms with Crippen LogP contribution in [0.1, 0.15) is 52.0 Å². The number of ether oxygens (including phenoxy) is 1. The number of phenols is 1. The maximum atomic E-state index is 13.1. The number of carbonyl (C=O) groups is 2. The lowest BCUT2D eigenvalue weighted by atomic mass is 9.96. The molecule has 1 fully saturated rings. The third-order valence-corrected chi connectivity index (χ3v) is 6.83. The highest BCUT2D eigenvalue weighted by molar-refractivity contribution is 7.15. The quantitative estimate of drug-likeness (QED) is 0.380. The van der Waals surface area contributed by atoms with E-state index in [9.17, 15) is 14.7 Å². The molecule has 1 aliphatic heterocycles. The number of carbonyl (C=O) groups excluding carboxylic acids is 2. The number of rotatable bonds is 6. The molecule has 0 radical (unpaired) electrons. The van der Waals surface area contributed by atoms with Gasteiger partial charge in [-0.2, -0.15) is 0 Å². The van der Waals surface area contributed by atoms with E-state index in [2.05, 4.69) is 16.2 Å². The van der Waals surface area contributed by atoms with Gasteiger partial charge in [0, 0.05) is 16.5 Å². The summed E-state index contributed by atoms with van der Waals surface area (Å²) in [6.07, 6.45) is 0.452. The van der Waals surface area contributed by atoms with Crippen molar-refractivity contribution in [2.45, 2.75) is 46.2 Å². The lowest BCUT2D eigenvalue weighted by molar-refractivity contribution is -0.117. The molecule has 0 spiro atoms. The number of aromatic hydroxyl groups is 1. The van der Waals surface area contributed by atoms with E-state index in [4.69, 9.17) is 4.74 Å². The van der Waals surface area contributed by atoms with Gasteiger partial charge >= 0.3 is 5.97 Å². The summed E-state index contributed by atoms with van der Waals surface area (Å²) in [4.78, 5) is 25.9. The normalized spacial score (nSPS) is 17.5. The Morgan fingerprint density at radius 1 is 1.12 bits per heavy atom. The fourth-order valence-electron chi connectivity index (χ4n) is 4.19. The number of anilines is 1. The maximum Gasteiger partial charge on any atom is 0.341 e. The molecule has 1 aromatic heterocycles. The summed E-state index contributed by atoms with van der Waals surface area (Å²) >= 11 is 1.30. The van der Waals surface area contributed by atoms with E-state index >= 15 is 0 Å². The van der Waals surface area contributed by atoms with Gasteiger partial charge in [0.15, 0.2) is 0 Å². The number of aryl methyl sites for hydroxylation is 3. The largest absolute Gasteiger partial charge is 0.507 e. The van der Waals surface area contributed by atoms with E-state index in [1.807, 2.05) is 62.5 Å². The van der Waals surface area contributed by atoms with Gasteiger partial charge in [0.2, 0.25) is 5.91 Å². The molecule has 0 aliphatic carbocycles. The van der Waals surface area contributed by atoms with Crippen molar-refractivity contribution in [3.63, 3.8) is 0 Å². The van der Waals surface area contributed by atoms with Crippen molar-refractivity contribution in [2.24, 2.45) is 0 Å². The molecule has 2 aromatic carbocycles. The summed E-state index contributed by atoms with van der Waals surface area (Å²) in [5.74, 6) is -0.497. The highest BCUT2D eigenvalue weighted by Gasteiger charge is 2.33. The molecule has 2 unspecified atom stereocenters. The molecule has 4 rings (SSSR count). The van der Waals surface area contributed by atoms with E-state index in [-0.39, 0.29) is 24.3 Å². The van der Waals surface area contributed by atoms with Crippen molar-refractivity contribution >= 4 is 28.2 Å². The summed E-state index contributed by atoms with van der Waals surface area (Å²) in [5.41, 5.74) is 11.8. The first-order chi connectivity index (χ1) is 16.3. The summed E-state index contributed by atoms with van der Waals surface area (Å²) < 4.78 is 5.29. The number of hydrazine groups is 1. The van der Waals surface area contributed by atoms with Crippen LogP contribution < -0.4 is 16.2 Å². The molecule has 178 valence electrons. The van der Waals surface area contributed by atoms with Crippen LogP contribution in [-0.4, -0.2) is 29.6 Å². The predicted molar refractivity (Wildman–Crippen MR) is 134 cm³/mol. The Balaban J connectivity index is 1.55. The first kappa shape index (κ1) is 23.9. The minimum absolute atomic E-state index is 0.217. The van der Waals surface area contributed by atoms with Crippen LogP contribution in [0.5, 0.6) is 5.75 Å². The molecule has 2 atom stereocenters. The number of hydrogen-bond acceptors (Lipinski definition) is 7. The Kier molecular flexibility index (Phi) is 7.02. The topological polar surface area (TPSA) is 99.7 Å². The third-order valence-electron chi connectivity index (χ3n) is 5.94. The van der Waals surface area contributed by atoms with E-state index in [1.165, 1.54) is 11.3 Å². The van der Waals surface area contributed by atoms with Crippen LogP contribution in [0, 0.1) is 20.8 Å². The molecule has 0 bridgehead atoms. The minimum atomic E-state index is -0.537. The zero-order valence-corrected chi connectivity index (χ0v) is 20.5. The number of thiophene rings is 1. The highest BCUT2D eigenvalue weighted by Crippen LogP contribution is 2.37. The zero-order chi connectivity index (χ0) is 24.4. The Bertz CT molecular complexity index is 1220. The zero-order valence-electron chi connectivity index (χ0n) is 19.7. The molecule has 1 saturated heterocycles. The van der Waals surface area contributed by atoms with Crippen LogP contribution in [0.15, 0.2) is 41.8 Å². The van der Waals surface area contributed by atoms with Gasteiger partial charge in [-0.3, -0.25) is 4.79 Å². The molecule has 1 amide bonds. The standard InChI is InChI=1S/C26H29N3O4S/c1-5-33-26(32)22-19(17-8-6-14(2)7-9-17)13-34-25(22)27-24(31)21-12-20(28-29-21)18-11-15(3)10-16(4)23(18)30/h6-11,13,20-21,28-30H,5,12H2,1-4H3,(H,27,31). The lowest BCUT2D eigenvalue weighted by Gasteiger charge is -2.15. The van der Waals surface area contributed by atoms with Crippen LogP contribution in [0.25, 0.3) is 11.1 Å². The number of amides is 1. The van der Waals surface area contributed by atoms with E-state index < -0.39 is 12.0 Å². The van der Waals surface area contributed by atoms with Gasteiger partial charge < -0.3 is 15.2 Å². The van der Waals surface area contributed by atoms with Crippen LogP contribution >= 0.6 is 11.3 Å². The molecule has 2 heterocycles. The van der Waals surface area contributed by atoms with Crippen molar-refractivity contribution in [3.8, 4) is 16.9 Å². The van der Waals surface area contributed by atoms with Crippen LogP contribution in [-0.2, 0) is 9.53 Å². The fraction of sp³-hybridized carbons (Fsp3) is 0.308. The summed E-state index contributed by atoms with van der Waals surface area (Å²) in [6.45, 7) is 7.83. The molecular weight excluding hydrogens is 450 g/mol.